The molecule has 1 aromatic carbocycles. The third-order valence-electron chi connectivity index (χ3n) is 2.40. The first-order chi connectivity index (χ1) is 7.12. The highest BCUT2D eigenvalue weighted by Crippen LogP contribution is 2.35. The Morgan fingerprint density at radius 1 is 1.27 bits per heavy atom. The number of alkyl halides is 2. The van der Waals surface area contributed by atoms with E-state index in [0.717, 1.165) is 0 Å². The van der Waals surface area contributed by atoms with Crippen molar-refractivity contribution >= 4 is 0 Å². The summed E-state index contributed by atoms with van der Waals surface area (Å²) >= 11 is 0. The minimum atomic E-state index is -2.91. The highest BCUT2D eigenvalue weighted by atomic mass is 19.3. The minimum absolute atomic E-state index is 0.0188. The lowest BCUT2D eigenvalue weighted by molar-refractivity contribution is -0.133. The maximum Gasteiger partial charge on any atom is 0.298 e. The highest BCUT2D eigenvalue weighted by molar-refractivity contribution is 5.21. The zero-order valence-electron chi connectivity index (χ0n) is 9.04. The molecule has 0 aromatic heterocycles. The van der Waals surface area contributed by atoms with E-state index in [-0.39, 0.29) is 5.56 Å². The van der Waals surface area contributed by atoms with Crippen LogP contribution in [0.1, 0.15) is 25.3 Å². The van der Waals surface area contributed by atoms with Crippen molar-refractivity contribution in [2.24, 2.45) is 0 Å². The molecule has 0 aliphatic rings. The van der Waals surface area contributed by atoms with Crippen molar-refractivity contribution in [3.8, 4) is 0 Å². The first-order valence-corrected chi connectivity index (χ1v) is 5.09. The SMILES string of the molecule is CCCC(OC)C(F)(F)c1ccccc1. The summed E-state index contributed by atoms with van der Waals surface area (Å²) in [4.78, 5) is 0. The molecule has 0 saturated carbocycles. The van der Waals surface area contributed by atoms with Crippen LogP contribution in [0.4, 0.5) is 8.78 Å². The predicted octanol–water partition coefficient (Wildman–Crippen LogP) is 3.59. The van der Waals surface area contributed by atoms with Crippen molar-refractivity contribution in [2.45, 2.75) is 31.8 Å². The number of methoxy groups -OCH3 is 1. The molecule has 0 amide bonds. The molecular weight excluding hydrogens is 198 g/mol. The number of hydrogen-bond donors (Lipinski definition) is 0. The number of rotatable bonds is 5. The van der Waals surface area contributed by atoms with Gasteiger partial charge in [0.05, 0.1) is 0 Å². The standard InChI is InChI=1S/C12H16F2O/c1-3-7-11(15-2)12(13,14)10-8-5-4-6-9-10/h4-6,8-9,11H,3,7H2,1-2H3. The molecule has 0 N–H and O–H groups in total. The summed E-state index contributed by atoms with van der Waals surface area (Å²) in [5, 5.41) is 0. The first-order valence-electron chi connectivity index (χ1n) is 5.09. The fourth-order valence-electron chi connectivity index (χ4n) is 1.56. The Bertz CT molecular complexity index is 285. The van der Waals surface area contributed by atoms with E-state index in [1.54, 1.807) is 18.2 Å². The second-order valence-electron chi connectivity index (χ2n) is 3.50. The monoisotopic (exact) mass is 214 g/mol. The molecule has 15 heavy (non-hydrogen) atoms. The van der Waals surface area contributed by atoms with E-state index in [1.807, 2.05) is 6.92 Å². The molecule has 0 aliphatic heterocycles. The average molecular weight is 214 g/mol. The van der Waals surface area contributed by atoms with E-state index in [1.165, 1.54) is 19.2 Å². The molecule has 1 unspecified atom stereocenters. The van der Waals surface area contributed by atoms with Gasteiger partial charge in [-0.1, -0.05) is 43.7 Å². The lowest BCUT2D eigenvalue weighted by Crippen LogP contribution is -2.32. The molecule has 0 bridgehead atoms. The Kier molecular flexibility index (Phi) is 4.21. The van der Waals surface area contributed by atoms with Crippen LogP contribution in [0.15, 0.2) is 30.3 Å². The summed E-state index contributed by atoms with van der Waals surface area (Å²) in [5.74, 6) is -2.91. The van der Waals surface area contributed by atoms with Crippen molar-refractivity contribution in [3.05, 3.63) is 35.9 Å². The zero-order valence-corrected chi connectivity index (χ0v) is 9.04. The van der Waals surface area contributed by atoms with Crippen molar-refractivity contribution in [2.75, 3.05) is 7.11 Å². The van der Waals surface area contributed by atoms with Crippen LogP contribution >= 0.6 is 0 Å². The minimum Gasteiger partial charge on any atom is -0.375 e. The predicted molar refractivity (Wildman–Crippen MR) is 56.0 cm³/mol. The Morgan fingerprint density at radius 3 is 2.33 bits per heavy atom. The smallest absolute Gasteiger partial charge is 0.298 e. The Labute approximate surface area is 89.1 Å². The largest absolute Gasteiger partial charge is 0.375 e. The molecule has 0 heterocycles. The quantitative estimate of drug-likeness (QED) is 0.727. The maximum atomic E-state index is 13.9. The van der Waals surface area contributed by atoms with Gasteiger partial charge in [-0.2, -0.15) is 8.78 Å². The molecule has 0 spiro atoms. The lowest BCUT2D eigenvalue weighted by atomic mass is 10.00. The first kappa shape index (κ1) is 12.1. The van der Waals surface area contributed by atoms with E-state index in [4.69, 9.17) is 4.74 Å². The van der Waals surface area contributed by atoms with Crippen LogP contribution in [0.2, 0.25) is 0 Å². The number of ether oxygens (including phenoxy) is 1. The average Bonchev–Trinajstić information content (AvgIpc) is 2.27. The van der Waals surface area contributed by atoms with Crippen molar-refractivity contribution < 1.29 is 13.5 Å². The third-order valence-corrected chi connectivity index (χ3v) is 2.40. The second kappa shape index (κ2) is 5.21. The van der Waals surface area contributed by atoms with Crippen LogP contribution in [0.25, 0.3) is 0 Å². The summed E-state index contributed by atoms with van der Waals surface area (Å²) in [6.45, 7) is 1.87. The highest BCUT2D eigenvalue weighted by Gasteiger charge is 2.40. The third kappa shape index (κ3) is 2.75. The van der Waals surface area contributed by atoms with E-state index in [0.29, 0.717) is 12.8 Å². The normalized spacial score (nSPS) is 13.9. The van der Waals surface area contributed by atoms with Crippen LogP contribution in [-0.2, 0) is 10.7 Å². The summed E-state index contributed by atoms with van der Waals surface area (Å²) in [5.41, 5.74) is 0.0188. The van der Waals surface area contributed by atoms with Gasteiger partial charge in [0, 0.05) is 12.7 Å². The Hall–Kier alpha value is -0.960. The van der Waals surface area contributed by atoms with Crippen molar-refractivity contribution in [1.82, 2.24) is 0 Å². The van der Waals surface area contributed by atoms with Crippen LogP contribution in [-0.4, -0.2) is 13.2 Å². The Morgan fingerprint density at radius 2 is 1.87 bits per heavy atom. The molecule has 0 fully saturated rings. The van der Waals surface area contributed by atoms with Gasteiger partial charge in [0.15, 0.2) is 0 Å². The van der Waals surface area contributed by atoms with Gasteiger partial charge in [-0.05, 0) is 6.42 Å². The van der Waals surface area contributed by atoms with E-state index >= 15 is 0 Å². The van der Waals surface area contributed by atoms with Crippen LogP contribution in [0.3, 0.4) is 0 Å². The maximum absolute atomic E-state index is 13.9. The van der Waals surface area contributed by atoms with Crippen molar-refractivity contribution in [1.29, 1.82) is 0 Å². The molecule has 3 heteroatoms. The molecule has 1 nitrogen and oxygen atoms in total. The molecule has 1 atom stereocenters. The topological polar surface area (TPSA) is 9.23 Å². The fraction of sp³-hybridized carbons (Fsp3) is 0.500. The number of halogens is 2. The molecule has 0 saturated heterocycles. The summed E-state index contributed by atoms with van der Waals surface area (Å²) in [7, 11) is 1.33. The van der Waals surface area contributed by atoms with Crippen LogP contribution in [0.5, 0.6) is 0 Å². The molecule has 1 rings (SSSR count). The van der Waals surface area contributed by atoms with Gasteiger partial charge in [0.2, 0.25) is 0 Å². The van der Waals surface area contributed by atoms with Gasteiger partial charge in [0.25, 0.3) is 5.92 Å². The lowest BCUT2D eigenvalue weighted by Gasteiger charge is -2.25. The van der Waals surface area contributed by atoms with Crippen molar-refractivity contribution in [3.63, 3.8) is 0 Å². The number of benzene rings is 1. The van der Waals surface area contributed by atoms with E-state index in [2.05, 4.69) is 0 Å². The van der Waals surface area contributed by atoms with Crippen LogP contribution < -0.4 is 0 Å². The zero-order chi connectivity index (χ0) is 11.3. The summed E-state index contributed by atoms with van der Waals surface area (Å²) in [6, 6.07) is 7.81. The van der Waals surface area contributed by atoms with Gasteiger partial charge in [-0.3, -0.25) is 0 Å². The summed E-state index contributed by atoms with van der Waals surface area (Å²) < 4.78 is 32.6. The van der Waals surface area contributed by atoms with Gasteiger partial charge in [0.1, 0.15) is 6.10 Å². The van der Waals surface area contributed by atoms with Gasteiger partial charge in [-0.15, -0.1) is 0 Å². The fourth-order valence-corrected chi connectivity index (χ4v) is 1.56. The molecule has 1 aromatic rings. The van der Waals surface area contributed by atoms with Gasteiger partial charge < -0.3 is 4.74 Å². The summed E-state index contributed by atoms with van der Waals surface area (Å²) in [6.07, 6.45) is 0.00387. The number of hydrogen-bond acceptors (Lipinski definition) is 1. The van der Waals surface area contributed by atoms with E-state index < -0.39 is 12.0 Å². The molecule has 0 radical (unpaired) electrons. The Balaban J connectivity index is 2.89. The van der Waals surface area contributed by atoms with Gasteiger partial charge >= 0.3 is 0 Å². The molecule has 0 aliphatic carbocycles. The van der Waals surface area contributed by atoms with Crippen LogP contribution in [0, 0.1) is 0 Å². The molecule has 84 valence electrons. The second-order valence-corrected chi connectivity index (χ2v) is 3.50. The molecular formula is C12H16F2O. The van der Waals surface area contributed by atoms with E-state index in [9.17, 15) is 8.78 Å². The van der Waals surface area contributed by atoms with Gasteiger partial charge in [-0.25, -0.2) is 0 Å².